The molecule has 0 spiro atoms. The van der Waals surface area contributed by atoms with Gasteiger partial charge in [0, 0.05) is 6.42 Å². The van der Waals surface area contributed by atoms with Crippen molar-refractivity contribution in [3.05, 3.63) is 28.5 Å². The average Bonchev–Trinajstić information content (AvgIpc) is 2.46. The molecule has 0 unspecified atom stereocenters. The summed E-state index contributed by atoms with van der Waals surface area (Å²) >= 11 is 3.02. The van der Waals surface area contributed by atoms with Crippen molar-refractivity contribution in [3.63, 3.8) is 0 Å². The number of carbonyl (C=O) groups excluding carboxylic acids is 3. The van der Waals surface area contributed by atoms with E-state index in [1.54, 1.807) is 26.8 Å². The number of primary amides is 1. The zero-order valence-electron chi connectivity index (χ0n) is 14.2. The second-order valence-corrected chi connectivity index (χ2v) is 7.15. The fourth-order valence-electron chi connectivity index (χ4n) is 1.83. The second-order valence-electron chi connectivity index (χ2n) is 6.29. The number of amides is 3. The van der Waals surface area contributed by atoms with Crippen molar-refractivity contribution in [2.75, 3.05) is 5.32 Å². The van der Waals surface area contributed by atoms with Gasteiger partial charge in [-0.25, -0.2) is 9.18 Å². The number of benzene rings is 1. The van der Waals surface area contributed by atoms with Crippen molar-refractivity contribution in [1.29, 1.82) is 0 Å². The molecule has 1 aromatic rings. The third-order valence-electron chi connectivity index (χ3n) is 2.90. The SMILES string of the molecule is CC(C)(C)OC(=O)N[C@@H](CCC(N)=O)C(=O)Nc1cccc(Br)c1F. The Morgan fingerprint density at radius 3 is 2.52 bits per heavy atom. The molecule has 0 saturated carbocycles. The molecule has 0 aliphatic heterocycles. The Bertz CT molecular complexity index is 661. The summed E-state index contributed by atoms with van der Waals surface area (Å²) in [5.74, 6) is -1.97. The fraction of sp³-hybridized carbons (Fsp3) is 0.438. The highest BCUT2D eigenvalue weighted by atomic mass is 79.9. The first-order valence-electron chi connectivity index (χ1n) is 7.52. The standard InChI is InChI=1S/C16H21BrFN3O4/c1-16(2,3)25-15(24)21-11(7-8-12(19)22)14(23)20-10-6-4-5-9(17)13(10)18/h4-6,11H,7-8H2,1-3H3,(H2,19,22)(H,20,23)(H,21,24)/t11-/m0/s1. The Balaban J connectivity index is 2.86. The second kappa shape index (κ2) is 8.80. The van der Waals surface area contributed by atoms with Gasteiger partial charge in [0.1, 0.15) is 11.6 Å². The minimum atomic E-state index is -1.11. The number of nitrogens with two attached hydrogens (primary N) is 1. The van der Waals surface area contributed by atoms with Crippen molar-refractivity contribution in [2.24, 2.45) is 5.73 Å². The lowest BCUT2D eigenvalue weighted by molar-refractivity contribution is -0.119. The van der Waals surface area contributed by atoms with Gasteiger partial charge in [0.15, 0.2) is 5.82 Å². The summed E-state index contributed by atoms with van der Waals surface area (Å²) in [6, 6.07) is 3.29. The van der Waals surface area contributed by atoms with Crippen molar-refractivity contribution in [1.82, 2.24) is 5.32 Å². The van der Waals surface area contributed by atoms with Crippen LogP contribution in [0, 0.1) is 5.82 Å². The monoisotopic (exact) mass is 417 g/mol. The zero-order valence-corrected chi connectivity index (χ0v) is 15.8. The number of alkyl carbamates (subject to hydrolysis) is 1. The van der Waals surface area contributed by atoms with Gasteiger partial charge in [0.25, 0.3) is 0 Å². The number of halogens is 2. The Hall–Kier alpha value is -2.16. The maximum absolute atomic E-state index is 14.0. The van der Waals surface area contributed by atoms with Gasteiger partial charge in [0.2, 0.25) is 11.8 Å². The molecule has 0 aliphatic carbocycles. The molecule has 25 heavy (non-hydrogen) atoms. The number of ether oxygens (including phenoxy) is 1. The Kier molecular flexibility index (Phi) is 7.35. The van der Waals surface area contributed by atoms with E-state index in [-0.39, 0.29) is 23.0 Å². The Morgan fingerprint density at radius 2 is 1.96 bits per heavy atom. The molecule has 4 N–H and O–H groups in total. The molecule has 0 aromatic heterocycles. The van der Waals surface area contributed by atoms with E-state index < -0.39 is 35.4 Å². The average molecular weight is 418 g/mol. The Morgan fingerprint density at radius 1 is 1.32 bits per heavy atom. The zero-order chi connectivity index (χ0) is 19.2. The van der Waals surface area contributed by atoms with Crippen LogP contribution in [0.1, 0.15) is 33.6 Å². The number of hydrogen-bond donors (Lipinski definition) is 3. The molecule has 0 fully saturated rings. The summed E-state index contributed by atoms with van der Waals surface area (Å²) in [6.45, 7) is 5.01. The van der Waals surface area contributed by atoms with Crippen LogP contribution in [-0.2, 0) is 14.3 Å². The van der Waals surface area contributed by atoms with Gasteiger partial charge < -0.3 is 21.1 Å². The molecule has 1 aromatic carbocycles. The van der Waals surface area contributed by atoms with Crippen molar-refractivity contribution < 1.29 is 23.5 Å². The van der Waals surface area contributed by atoms with E-state index in [1.807, 2.05) is 0 Å². The van der Waals surface area contributed by atoms with E-state index in [0.29, 0.717) is 0 Å². The largest absolute Gasteiger partial charge is 0.444 e. The quantitative estimate of drug-likeness (QED) is 0.660. The van der Waals surface area contributed by atoms with Gasteiger partial charge in [-0.05, 0) is 55.3 Å². The summed E-state index contributed by atoms with van der Waals surface area (Å²) in [4.78, 5) is 35.2. The van der Waals surface area contributed by atoms with E-state index >= 15 is 0 Å². The van der Waals surface area contributed by atoms with E-state index in [1.165, 1.54) is 12.1 Å². The van der Waals surface area contributed by atoms with Crippen LogP contribution >= 0.6 is 15.9 Å². The van der Waals surface area contributed by atoms with Crippen molar-refractivity contribution >= 4 is 39.5 Å². The summed E-state index contributed by atoms with van der Waals surface area (Å²) < 4.78 is 19.2. The molecule has 0 radical (unpaired) electrons. The predicted molar refractivity (Wildman–Crippen MR) is 94.3 cm³/mol. The normalized spacial score (nSPS) is 12.2. The molecule has 0 aliphatic rings. The number of nitrogens with one attached hydrogen (secondary N) is 2. The van der Waals surface area contributed by atoms with Gasteiger partial charge in [0.05, 0.1) is 10.2 Å². The lowest BCUT2D eigenvalue weighted by Crippen LogP contribution is -2.46. The van der Waals surface area contributed by atoms with Crippen LogP contribution in [0.3, 0.4) is 0 Å². The molecular formula is C16H21BrFN3O4. The molecule has 7 nitrogen and oxygen atoms in total. The van der Waals surface area contributed by atoms with E-state index in [2.05, 4.69) is 26.6 Å². The number of rotatable bonds is 6. The molecule has 1 atom stereocenters. The predicted octanol–water partition coefficient (Wildman–Crippen LogP) is 2.69. The molecule has 138 valence electrons. The first-order valence-corrected chi connectivity index (χ1v) is 8.31. The first-order chi connectivity index (χ1) is 11.5. The van der Waals surface area contributed by atoms with E-state index in [9.17, 15) is 18.8 Å². The van der Waals surface area contributed by atoms with Gasteiger partial charge in [-0.15, -0.1) is 0 Å². The van der Waals surface area contributed by atoms with Crippen LogP contribution in [0.25, 0.3) is 0 Å². The first kappa shape index (κ1) is 20.9. The summed E-state index contributed by atoms with van der Waals surface area (Å²) in [5, 5.41) is 4.74. The number of carbonyl (C=O) groups is 3. The number of hydrogen-bond acceptors (Lipinski definition) is 4. The molecule has 1 rings (SSSR count). The van der Waals surface area contributed by atoms with Gasteiger partial charge in [-0.1, -0.05) is 6.07 Å². The van der Waals surface area contributed by atoms with Gasteiger partial charge in [-0.3, -0.25) is 9.59 Å². The number of anilines is 1. The third kappa shape index (κ3) is 7.51. The molecular weight excluding hydrogens is 397 g/mol. The minimum absolute atomic E-state index is 0.0456. The molecule has 3 amide bonds. The summed E-state index contributed by atoms with van der Waals surface area (Å²) in [6.07, 6.45) is -1.00. The van der Waals surface area contributed by atoms with Crippen LogP contribution in [0.5, 0.6) is 0 Å². The smallest absolute Gasteiger partial charge is 0.408 e. The lowest BCUT2D eigenvalue weighted by Gasteiger charge is -2.23. The van der Waals surface area contributed by atoms with Gasteiger partial charge in [-0.2, -0.15) is 0 Å². The molecule has 9 heteroatoms. The van der Waals surface area contributed by atoms with Crippen LogP contribution in [0.2, 0.25) is 0 Å². The summed E-state index contributed by atoms with van der Waals surface area (Å²) in [5.41, 5.74) is 4.27. The maximum Gasteiger partial charge on any atom is 0.408 e. The molecule has 0 saturated heterocycles. The maximum atomic E-state index is 14.0. The fourth-order valence-corrected chi connectivity index (χ4v) is 2.19. The Labute approximate surface area is 153 Å². The van der Waals surface area contributed by atoms with Crippen LogP contribution in [0.15, 0.2) is 22.7 Å². The third-order valence-corrected chi connectivity index (χ3v) is 3.51. The van der Waals surface area contributed by atoms with E-state index in [0.717, 1.165) is 0 Å². The van der Waals surface area contributed by atoms with Crippen LogP contribution in [-0.4, -0.2) is 29.6 Å². The lowest BCUT2D eigenvalue weighted by atomic mass is 10.1. The van der Waals surface area contributed by atoms with Gasteiger partial charge >= 0.3 is 6.09 Å². The highest BCUT2D eigenvalue weighted by Crippen LogP contribution is 2.22. The topological polar surface area (TPSA) is 111 Å². The molecule has 0 heterocycles. The molecule has 0 bridgehead atoms. The highest BCUT2D eigenvalue weighted by molar-refractivity contribution is 9.10. The van der Waals surface area contributed by atoms with Crippen molar-refractivity contribution in [2.45, 2.75) is 45.3 Å². The summed E-state index contributed by atoms with van der Waals surface area (Å²) in [7, 11) is 0. The van der Waals surface area contributed by atoms with Crippen LogP contribution in [0.4, 0.5) is 14.9 Å². The minimum Gasteiger partial charge on any atom is -0.444 e. The van der Waals surface area contributed by atoms with E-state index in [4.69, 9.17) is 10.5 Å². The highest BCUT2D eigenvalue weighted by Gasteiger charge is 2.25. The van der Waals surface area contributed by atoms with Crippen molar-refractivity contribution in [3.8, 4) is 0 Å². The van der Waals surface area contributed by atoms with Crippen LogP contribution < -0.4 is 16.4 Å².